The first-order chi connectivity index (χ1) is 16.2. The van der Waals surface area contributed by atoms with Crippen LogP contribution in [0.1, 0.15) is 47.7 Å². The molecule has 0 amide bonds. The third-order valence-corrected chi connectivity index (χ3v) is 8.18. The second kappa shape index (κ2) is 10.6. The molecule has 1 fully saturated rings. The van der Waals surface area contributed by atoms with Gasteiger partial charge < -0.3 is 9.80 Å². The molecule has 5 rings (SSSR count). The van der Waals surface area contributed by atoms with Gasteiger partial charge in [0.1, 0.15) is 0 Å². The van der Waals surface area contributed by atoms with Crippen LogP contribution in [0.3, 0.4) is 0 Å². The number of fused-ring (bicyclic) bond motifs is 2. The lowest BCUT2D eigenvalue weighted by molar-refractivity contribution is 0.0946. The van der Waals surface area contributed by atoms with E-state index in [0.29, 0.717) is 12.1 Å². The maximum absolute atomic E-state index is 4.90. The Morgan fingerprint density at radius 1 is 0.970 bits per heavy atom. The van der Waals surface area contributed by atoms with Crippen LogP contribution in [0.15, 0.2) is 42.6 Å². The van der Waals surface area contributed by atoms with E-state index in [1.54, 1.807) is 5.56 Å². The minimum Gasteiger partial charge on any atom is -0.304 e. The van der Waals surface area contributed by atoms with Gasteiger partial charge >= 0.3 is 0 Å². The van der Waals surface area contributed by atoms with Crippen LogP contribution in [0.25, 0.3) is 0 Å². The summed E-state index contributed by atoms with van der Waals surface area (Å²) in [7, 11) is 4.56. The van der Waals surface area contributed by atoms with E-state index in [1.807, 2.05) is 6.20 Å². The number of hydrogen-bond acceptors (Lipinski definition) is 5. The molecule has 178 valence electrons. The minimum atomic E-state index is 0.466. The number of pyridine rings is 1. The van der Waals surface area contributed by atoms with Crippen LogP contribution in [-0.4, -0.2) is 90.5 Å². The highest BCUT2D eigenvalue weighted by Gasteiger charge is 2.31. The van der Waals surface area contributed by atoms with E-state index >= 15 is 0 Å². The zero-order valence-corrected chi connectivity index (χ0v) is 20.6. The quantitative estimate of drug-likeness (QED) is 0.648. The van der Waals surface area contributed by atoms with E-state index in [0.717, 1.165) is 19.5 Å². The first-order valence-electron chi connectivity index (χ1n) is 13.0. The largest absolute Gasteiger partial charge is 0.304 e. The molecule has 0 saturated carbocycles. The predicted molar refractivity (Wildman–Crippen MR) is 135 cm³/mol. The van der Waals surface area contributed by atoms with Gasteiger partial charge in [-0.1, -0.05) is 30.3 Å². The lowest BCUT2D eigenvalue weighted by atomic mass is 9.89. The summed E-state index contributed by atoms with van der Waals surface area (Å²) in [5, 5.41) is 0. The maximum atomic E-state index is 4.90. The van der Waals surface area contributed by atoms with Crippen molar-refractivity contribution < 1.29 is 0 Å². The van der Waals surface area contributed by atoms with Gasteiger partial charge in [-0.3, -0.25) is 14.8 Å². The fourth-order valence-electron chi connectivity index (χ4n) is 6.08. The minimum absolute atomic E-state index is 0.466. The van der Waals surface area contributed by atoms with Gasteiger partial charge in [0.05, 0.1) is 11.7 Å². The Labute approximate surface area is 200 Å². The molecule has 5 heteroatoms. The summed E-state index contributed by atoms with van der Waals surface area (Å²) < 4.78 is 0. The summed E-state index contributed by atoms with van der Waals surface area (Å²) >= 11 is 0. The van der Waals surface area contributed by atoms with Crippen LogP contribution < -0.4 is 0 Å². The van der Waals surface area contributed by atoms with E-state index in [2.05, 4.69) is 70.1 Å². The highest BCUT2D eigenvalue weighted by atomic mass is 15.3. The zero-order chi connectivity index (χ0) is 22.6. The van der Waals surface area contributed by atoms with Crippen molar-refractivity contribution in [2.45, 2.75) is 50.7 Å². The maximum Gasteiger partial charge on any atom is 0.0607 e. The third kappa shape index (κ3) is 5.48. The number of benzene rings is 1. The smallest absolute Gasteiger partial charge is 0.0607 e. The van der Waals surface area contributed by atoms with Gasteiger partial charge in [-0.15, -0.1) is 0 Å². The Balaban J connectivity index is 1.30. The topological polar surface area (TPSA) is 25.9 Å². The van der Waals surface area contributed by atoms with Crippen LogP contribution in [-0.2, 0) is 19.4 Å². The van der Waals surface area contributed by atoms with Gasteiger partial charge in [0.25, 0.3) is 0 Å². The summed E-state index contributed by atoms with van der Waals surface area (Å²) in [4.78, 5) is 15.4. The molecule has 33 heavy (non-hydrogen) atoms. The molecule has 2 aliphatic heterocycles. The van der Waals surface area contributed by atoms with Gasteiger partial charge in [0.15, 0.2) is 0 Å². The average molecular weight is 448 g/mol. The molecule has 2 atom stereocenters. The molecule has 2 aromatic rings. The molecular formula is C28H41N5. The normalized spacial score (nSPS) is 24.6. The fourth-order valence-corrected chi connectivity index (χ4v) is 6.08. The molecule has 1 aliphatic carbocycles. The summed E-state index contributed by atoms with van der Waals surface area (Å²) in [6, 6.07) is 14.5. The van der Waals surface area contributed by atoms with E-state index in [4.69, 9.17) is 4.98 Å². The zero-order valence-electron chi connectivity index (χ0n) is 20.6. The van der Waals surface area contributed by atoms with Crippen LogP contribution in [0, 0.1) is 0 Å². The van der Waals surface area contributed by atoms with Crippen LogP contribution in [0.4, 0.5) is 0 Å². The second-order valence-corrected chi connectivity index (χ2v) is 10.5. The number of piperazine rings is 1. The van der Waals surface area contributed by atoms with Gasteiger partial charge in [-0.2, -0.15) is 0 Å². The highest BCUT2D eigenvalue weighted by Crippen LogP contribution is 2.34. The van der Waals surface area contributed by atoms with Crippen LogP contribution >= 0.6 is 0 Å². The number of aromatic nitrogens is 1. The monoisotopic (exact) mass is 447 g/mol. The van der Waals surface area contributed by atoms with Crippen LogP contribution in [0.2, 0.25) is 0 Å². The molecule has 3 heterocycles. The highest BCUT2D eigenvalue weighted by molar-refractivity contribution is 5.30. The molecule has 0 bridgehead atoms. The molecule has 1 aromatic carbocycles. The Morgan fingerprint density at radius 2 is 1.76 bits per heavy atom. The predicted octanol–water partition coefficient (Wildman–Crippen LogP) is 3.46. The molecule has 5 nitrogen and oxygen atoms in total. The summed E-state index contributed by atoms with van der Waals surface area (Å²) in [5.41, 5.74) is 5.87. The first-order valence-corrected chi connectivity index (χ1v) is 13.0. The van der Waals surface area contributed by atoms with E-state index in [9.17, 15) is 0 Å². The van der Waals surface area contributed by atoms with Crippen molar-refractivity contribution in [3.63, 3.8) is 0 Å². The summed E-state index contributed by atoms with van der Waals surface area (Å²) in [6.45, 7) is 9.42. The molecule has 3 aliphatic rings. The molecule has 0 radical (unpaired) electrons. The molecule has 0 spiro atoms. The van der Waals surface area contributed by atoms with Crippen molar-refractivity contribution >= 4 is 0 Å². The van der Waals surface area contributed by atoms with E-state index < -0.39 is 0 Å². The third-order valence-electron chi connectivity index (χ3n) is 8.18. The average Bonchev–Trinajstić information content (AvgIpc) is 2.84. The van der Waals surface area contributed by atoms with E-state index in [1.165, 1.54) is 81.8 Å². The van der Waals surface area contributed by atoms with Gasteiger partial charge in [-0.25, -0.2) is 0 Å². The van der Waals surface area contributed by atoms with Crippen molar-refractivity contribution in [3.8, 4) is 0 Å². The number of likely N-dealkylation sites (N-methyl/N-ethyl adjacent to an activating group) is 2. The fraction of sp³-hybridized carbons (Fsp3) is 0.607. The summed E-state index contributed by atoms with van der Waals surface area (Å²) in [5.74, 6) is 0. The number of rotatable bonds is 7. The van der Waals surface area contributed by atoms with Crippen molar-refractivity contribution in [2.24, 2.45) is 0 Å². The van der Waals surface area contributed by atoms with Crippen molar-refractivity contribution in [1.29, 1.82) is 0 Å². The Hall–Kier alpha value is -1.79. The molecule has 0 N–H and O–H groups in total. The van der Waals surface area contributed by atoms with Gasteiger partial charge in [0, 0.05) is 58.1 Å². The summed E-state index contributed by atoms with van der Waals surface area (Å²) in [6.07, 6.45) is 8.11. The van der Waals surface area contributed by atoms with E-state index in [-0.39, 0.29) is 0 Å². The first kappa shape index (κ1) is 23.0. The van der Waals surface area contributed by atoms with Crippen molar-refractivity contribution in [3.05, 3.63) is 65.0 Å². The lowest BCUT2D eigenvalue weighted by Crippen LogP contribution is -2.48. The lowest BCUT2D eigenvalue weighted by Gasteiger charge is -2.42. The Bertz CT molecular complexity index is 907. The molecule has 1 saturated heterocycles. The standard InChI is InChI=1S/C28H41N5/c1-30-16-18-32(19-17-30)14-7-15-33(27-12-5-10-23-11-6-13-29-28(23)27)22-26-20-24-8-3-4-9-25(24)21-31(26)2/h3-4,6,8-9,11,13,26-27H,5,7,10,12,14-22H2,1-2H3/t26-,27+/m1/s1. The second-order valence-electron chi connectivity index (χ2n) is 10.5. The SMILES string of the molecule is CN1CCN(CCCN(C[C@H]2Cc3ccccc3CN2C)[C@H]2CCCc3cccnc32)CC1. The van der Waals surface area contributed by atoms with Crippen LogP contribution in [0.5, 0.6) is 0 Å². The molecule has 1 aromatic heterocycles. The Kier molecular flexibility index (Phi) is 7.41. The van der Waals surface area contributed by atoms with Crippen molar-refractivity contribution in [2.75, 3.05) is 59.9 Å². The number of aryl methyl sites for hydroxylation is 1. The van der Waals surface area contributed by atoms with Gasteiger partial charge in [-0.05, 0) is 75.5 Å². The molecule has 0 unspecified atom stereocenters. The molecular weight excluding hydrogens is 406 g/mol. The van der Waals surface area contributed by atoms with Gasteiger partial charge in [0.2, 0.25) is 0 Å². The number of hydrogen-bond donors (Lipinski definition) is 0. The Morgan fingerprint density at radius 3 is 2.61 bits per heavy atom. The number of nitrogens with zero attached hydrogens (tertiary/aromatic N) is 5. The van der Waals surface area contributed by atoms with Crippen molar-refractivity contribution in [1.82, 2.24) is 24.6 Å².